The van der Waals surface area contributed by atoms with Crippen molar-refractivity contribution in [3.63, 3.8) is 0 Å². The zero-order valence-corrected chi connectivity index (χ0v) is 18.4. The Morgan fingerprint density at radius 3 is 2.45 bits per heavy atom. The van der Waals surface area contributed by atoms with Crippen molar-refractivity contribution in [2.24, 2.45) is 7.05 Å². The first-order valence-electron chi connectivity index (χ1n) is 10.7. The van der Waals surface area contributed by atoms with Crippen molar-refractivity contribution in [2.45, 2.75) is 43.0 Å². The number of carbonyl (C=O) groups excluding carboxylic acids is 2. The van der Waals surface area contributed by atoms with Crippen molar-refractivity contribution in [1.29, 1.82) is 0 Å². The van der Waals surface area contributed by atoms with Crippen LogP contribution in [0.25, 0.3) is 0 Å². The molecule has 10 heteroatoms. The van der Waals surface area contributed by atoms with Gasteiger partial charge in [0.05, 0.1) is 6.26 Å². The summed E-state index contributed by atoms with van der Waals surface area (Å²) in [5.41, 5.74) is 0.310. The molecule has 0 aromatic carbocycles. The number of likely N-dealkylation sites (tertiary alicyclic amines) is 1. The number of carbonyl (C=O) groups is 2. The number of amides is 2. The highest BCUT2D eigenvalue weighted by molar-refractivity contribution is 7.89. The van der Waals surface area contributed by atoms with Gasteiger partial charge in [-0.2, -0.15) is 4.31 Å². The molecule has 2 aromatic rings. The van der Waals surface area contributed by atoms with E-state index in [4.69, 9.17) is 4.42 Å². The van der Waals surface area contributed by atoms with Crippen LogP contribution in [0.3, 0.4) is 0 Å². The summed E-state index contributed by atoms with van der Waals surface area (Å²) in [6, 6.07) is 4.70. The minimum atomic E-state index is -3.59. The average molecular weight is 449 g/mol. The van der Waals surface area contributed by atoms with Crippen molar-refractivity contribution >= 4 is 21.8 Å². The van der Waals surface area contributed by atoms with Crippen LogP contribution in [0.4, 0.5) is 0 Å². The molecule has 9 nitrogen and oxygen atoms in total. The number of hydrogen-bond acceptors (Lipinski definition) is 5. The number of nitrogens with one attached hydrogen (secondary N) is 1. The molecule has 0 bridgehead atoms. The van der Waals surface area contributed by atoms with Crippen LogP contribution in [0.1, 0.15) is 53.1 Å². The van der Waals surface area contributed by atoms with E-state index < -0.39 is 10.0 Å². The lowest BCUT2D eigenvalue weighted by Crippen LogP contribution is -2.46. The molecular formula is C21H28N4O5S. The first-order chi connectivity index (χ1) is 14.9. The third kappa shape index (κ3) is 4.54. The monoisotopic (exact) mass is 448 g/mol. The molecule has 168 valence electrons. The fraction of sp³-hybridized carbons (Fsp3) is 0.524. The Balaban J connectivity index is 1.37. The number of nitrogens with zero attached hydrogens (tertiary/aromatic N) is 3. The SMILES string of the molecule is Cn1cc(S(=O)(=O)N2CCCCC2)cc1C(=O)NC1CCN(C(=O)c2ccco2)CC1. The zero-order chi connectivity index (χ0) is 22.0. The molecule has 1 N–H and O–H groups in total. The summed E-state index contributed by atoms with van der Waals surface area (Å²) in [4.78, 5) is 27.0. The van der Waals surface area contributed by atoms with Gasteiger partial charge in [-0.25, -0.2) is 8.42 Å². The predicted octanol–water partition coefficient (Wildman–Crippen LogP) is 1.83. The van der Waals surface area contributed by atoms with Gasteiger partial charge in [0.25, 0.3) is 11.8 Å². The zero-order valence-electron chi connectivity index (χ0n) is 17.6. The van der Waals surface area contributed by atoms with Crippen LogP contribution >= 0.6 is 0 Å². The fourth-order valence-electron chi connectivity index (χ4n) is 4.20. The molecule has 0 radical (unpaired) electrons. The van der Waals surface area contributed by atoms with E-state index in [1.807, 2.05) is 0 Å². The Morgan fingerprint density at radius 1 is 1.10 bits per heavy atom. The molecule has 31 heavy (non-hydrogen) atoms. The lowest BCUT2D eigenvalue weighted by atomic mass is 10.0. The highest BCUT2D eigenvalue weighted by Crippen LogP contribution is 2.23. The molecule has 2 amide bonds. The van der Waals surface area contributed by atoms with Crippen LogP contribution in [-0.4, -0.2) is 66.2 Å². The quantitative estimate of drug-likeness (QED) is 0.751. The Hall–Kier alpha value is -2.59. The molecule has 4 rings (SSSR count). The number of piperidine rings is 2. The summed E-state index contributed by atoms with van der Waals surface area (Å²) < 4.78 is 34.0. The molecular weight excluding hydrogens is 420 g/mol. The Bertz CT molecular complexity index is 1030. The molecule has 2 aromatic heterocycles. The highest BCUT2D eigenvalue weighted by atomic mass is 32.2. The van der Waals surface area contributed by atoms with E-state index in [0.29, 0.717) is 50.5 Å². The topological polar surface area (TPSA) is 105 Å². The van der Waals surface area contributed by atoms with Crippen LogP contribution in [0.15, 0.2) is 40.0 Å². The Kier molecular flexibility index (Phi) is 6.19. The molecule has 0 unspecified atom stereocenters. The number of aryl methyl sites for hydroxylation is 1. The molecule has 2 fully saturated rings. The molecule has 2 aliphatic rings. The van der Waals surface area contributed by atoms with Crippen LogP contribution in [0, 0.1) is 0 Å². The summed E-state index contributed by atoms with van der Waals surface area (Å²) in [5, 5.41) is 2.98. The standard InChI is InChI=1S/C21H28N4O5S/c1-23-15-17(31(28,29)25-9-3-2-4-10-25)14-18(23)20(26)22-16-7-11-24(12-8-16)21(27)19-6-5-13-30-19/h5-6,13-16H,2-4,7-12H2,1H3,(H,22,26). The van der Waals surface area contributed by atoms with Crippen LogP contribution in [0.2, 0.25) is 0 Å². The van der Waals surface area contributed by atoms with Gasteiger partial charge in [0.1, 0.15) is 10.6 Å². The van der Waals surface area contributed by atoms with Crippen molar-refractivity contribution in [1.82, 2.24) is 19.1 Å². The smallest absolute Gasteiger partial charge is 0.289 e. The first kappa shape index (κ1) is 21.6. The number of hydrogen-bond donors (Lipinski definition) is 1. The molecule has 2 saturated heterocycles. The van der Waals surface area contributed by atoms with E-state index in [1.54, 1.807) is 28.6 Å². The van der Waals surface area contributed by atoms with Gasteiger partial charge in [0, 0.05) is 45.5 Å². The predicted molar refractivity (Wildman–Crippen MR) is 113 cm³/mol. The van der Waals surface area contributed by atoms with Crippen LogP contribution < -0.4 is 5.32 Å². The molecule has 0 spiro atoms. The van der Waals surface area contributed by atoms with Gasteiger partial charge in [-0.05, 0) is 43.9 Å². The lowest BCUT2D eigenvalue weighted by Gasteiger charge is -2.31. The number of sulfonamides is 1. The van der Waals surface area contributed by atoms with Crippen LogP contribution in [-0.2, 0) is 17.1 Å². The van der Waals surface area contributed by atoms with Gasteiger partial charge in [-0.15, -0.1) is 0 Å². The maximum Gasteiger partial charge on any atom is 0.289 e. The molecule has 0 atom stereocenters. The van der Waals surface area contributed by atoms with Crippen LogP contribution in [0.5, 0.6) is 0 Å². The molecule has 2 aliphatic heterocycles. The van der Waals surface area contributed by atoms with E-state index in [9.17, 15) is 18.0 Å². The Morgan fingerprint density at radius 2 is 1.81 bits per heavy atom. The number of furan rings is 1. The summed E-state index contributed by atoms with van der Waals surface area (Å²) in [6.45, 7) is 2.08. The summed E-state index contributed by atoms with van der Waals surface area (Å²) in [6.07, 6.45) is 6.99. The second-order valence-electron chi connectivity index (χ2n) is 8.15. The van der Waals surface area contributed by atoms with E-state index in [-0.39, 0.29) is 22.8 Å². The van der Waals surface area contributed by atoms with E-state index in [2.05, 4.69) is 5.32 Å². The van der Waals surface area contributed by atoms with Crippen molar-refractivity contribution in [2.75, 3.05) is 26.2 Å². The minimum absolute atomic E-state index is 0.0785. The molecule has 4 heterocycles. The summed E-state index contributed by atoms with van der Waals surface area (Å²) in [5.74, 6) is -0.142. The third-order valence-electron chi connectivity index (χ3n) is 6.01. The van der Waals surface area contributed by atoms with Crippen molar-refractivity contribution in [3.8, 4) is 0 Å². The number of rotatable bonds is 5. The van der Waals surface area contributed by atoms with Gasteiger partial charge in [-0.1, -0.05) is 6.42 Å². The summed E-state index contributed by atoms with van der Waals surface area (Å²) >= 11 is 0. The average Bonchev–Trinajstić information content (AvgIpc) is 3.45. The number of aromatic nitrogens is 1. The fourth-order valence-corrected chi connectivity index (χ4v) is 5.79. The van der Waals surface area contributed by atoms with Gasteiger partial charge < -0.3 is 19.2 Å². The van der Waals surface area contributed by atoms with Gasteiger partial charge in [0.2, 0.25) is 10.0 Å². The van der Waals surface area contributed by atoms with Gasteiger partial charge in [0.15, 0.2) is 5.76 Å². The highest BCUT2D eigenvalue weighted by Gasteiger charge is 2.30. The third-order valence-corrected chi connectivity index (χ3v) is 7.88. The van der Waals surface area contributed by atoms with E-state index >= 15 is 0 Å². The van der Waals surface area contributed by atoms with Crippen molar-refractivity contribution in [3.05, 3.63) is 42.1 Å². The first-order valence-corrected chi connectivity index (χ1v) is 12.1. The normalized spacial score (nSPS) is 18.8. The molecule has 0 saturated carbocycles. The van der Waals surface area contributed by atoms with Gasteiger partial charge >= 0.3 is 0 Å². The molecule has 0 aliphatic carbocycles. The van der Waals surface area contributed by atoms with E-state index in [0.717, 1.165) is 19.3 Å². The maximum atomic E-state index is 12.9. The largest absolute Gasteiger partial charge is 0.459 e. The van der Waals surface area contributed by atoms with E-state index in [1.165, 1.54) is 22.8 Å². The van der Waals surface area contributed by atoms with Gasteiger partial charge in [-0.3, -0.25) is 9.59 Å². The second kappa shape index (κ2) is 8.88. The second-order valence-corrected chi connectivity index (χ2v) is 10.1. The van der Waals surface area contributed by atoms with Crippen molar-refractivity contribution < 1.29 is 22.4 Å². The minimum Gasteiger partial charge on any atom is -0.459 e. The summed E-state index contributed by atoms with van der Waals surface area (Å²) in [7, 11) is -1.91. The Labute approximate surface area is 182 Å². The maximum absolute atomic E-state index is 12.9. The lowest BCUT2D eigenvalue weighted by molar-refractivity contribution is 0.0667.